The SMILES string of the molecule is Cc1ccnc(C(O)c2ccc(C)c(C)c2)c1. The van der Waals surface area contributed by atoms with Gasteiger partial charge >= 0.3 is 0 Å². The molecule has 0 amide bonds. The number of hydrogen-bond acceptors (Lipinski definition) is 2. The fourth-order valence-electron chi connectivity index (χ4n) is 1.81. The van der Waals surface area contributed by atoms with Crippen molar-refractivity contribution in [1.29, 1.82) is 0 Å². The molecular weight excluding hydrogens is 210 g/mol. The summed E-state index contributed by atoms with van der Waals surface area (Å²) in [6, 6.07) is 9.85. The second-order valence-corrected chi connectivity index (χ2v) is 4.50. The van der Waals surface area contributed by atoms with Crippen LogP contribution in [-0.2, 0) is 0 Å². The Labute approximate surface area is 102 Å². The van der Waals surface area contributed by atoms with Crippen LogP contribution in [0.4, 0.5) is 0 Å². The molecule has 0 aliphatic rings. The zero-order valence-corrected chi connectivity index (χ0v) is 10.4. The Morgan fingerprint density at radius 1 is 1.00 bits per heavy atom. The van der Waals surface area contributed by atoms with E-state index in [-0.39, 0.29) is 0 Å². The lowest BCUT2D eigenvalue weighted by atomic mass is 10.0. The van der Waals surface area contributed by atoms with Gasteiger partial charge in [0.1, 0.15) is 6.10 Å². The van der Waals surface area contributed by atoms with Gasteiger partial charge in [0.15, 0.2) is 0 Å². The first-order chi connectivity index (χ1) is 8.08. The highest BCUT2D eigenvalue weighted by Gasteiger charge is 2.12. The van der Waals surface area contributed by atoms with Crippen molar-refractivity contribution in [3.05, 3.63) is 64.5 Å². The quantitative estimate of drug-likeness (QED) is 0.855. The van der Waals surface area contributed by atoms with Crippen LogP contribution < -0.4 is 0 Å². The molecule has 1 N–H and O–H groups in total. The van der Waals surface area contributed by atoms with E-state index in [1.54, 1.807) is 6.20 Å². The summed E-state index contributed by atoms with van der Waals surface area (Å²) in [6.45, 7) is 6.12. The predicted molar refractivity (Wildman–Crippen MR) is 69.0 cm³/mol. The first kappa shape index (κ1) is 11.8. The molecule has 1 aromatic heterocycles. The molecule has 0 fully saturated rings. The van der Waals surface area contributed by atoms with Crippen molar-refractivity contribution in [2.45, 2.75) is 26.9 Å². The molecule has 0 spiro atoms. The highest BCUT2D eigenvalue weighted by molar-refractivity contribution is 5.34. The maximum Gasteiger partial charge on any atom is 0.121 e. The molecule has 1 unspecified atom stereocenters. The maximum absolute atomic E-state index is 10.3. The Morgan fingerprint density at radius 3 is 2.41 bits per heavy atom. The molecule has 2 aromatic rings. The lowest BCUT2D eigenvalue weighted by Gasteiger charge is -2.12. The molecule has 1 atom stereocenters. The van der Waals surface area contributed by atoms with Crippen molar-refractivity contribution < 1.29 is 5.11 Å². The van der Waals surface area contributed by atoms with Gasteiger partial charge in [-0.25, -0.2) is 0 Å². The van der Waals surface area contributed by atoms with E-state index >= 15 is 0 Å². The van der Waals surface area contributed by atoms with Gasteiger partial charge in [-0.3, -0.25) is 4.98 Å². The molecule has 2 heteroatoms. The van der Waals surface area contributed by atoms with Crippen LogP contribution >= 0.6 is 0 Å². The highest BCUT2D eigenvalue weighted by atomic mass is 16.3. The van der Waals surface area contributed by atoms with Crippen LogP contribution in [0.3, 0.4) is 0 Å². The van der Waals surface area contributed by atoms with Crippen molar-refractivity contribution in [3.63, 3.8) is 0 Å². The van der Waals surface area contributed by atoms with Gasteiger partial charge in [-0.05, 0) is 55.2 Å². The van der Waals surface area contributed by atoms with E-state index in [1.165, 1.54) is 11.1 Å². The van der Waals surface area contributed by atoms with E-state index in [1.807, 2.05) is 37.3 Å². The smallest absolute Gasteiger partial charge is 0.121 e. The summed E-state index contributed by atoms with van der Waals surface area (Å²) >= 11 is 0. The standard InChI is InChI=1S/C15H17NO/c1-10-6-7-16-14(8-10)15(17)13-5-4-11(2)12(3)9-13/h4-9,15,17H,1-3H3. The lowest BCUT2D eigenvalue weighted by molar-refractivity contribution is 0.215. The third kappa shape index (κ3) is 2.53. The zero-order valence-electron chi connectivity index (χ0n) is 10.4. The molecule has 0 aliphatic heterocycles. The summed E-state index contributed by atoms with van der Waals surface area (Å²) in [4.78, 5) is 4.22. The minimum atomic E-state index is -0.644. The van der Waals surface area contributed by atoms with Gasteiger partial charge in [-0.2, -0.15) is 0 Å². The third-order valence-corrected chi connectivity index (χ3v) is 3.06. The number of aromatic nitrogens is 1. The fourth-order valence-corrected chi connectivity index (χ4v) is 1.81. The molecule has 0 radical (unpaired) electrons. The van der Waals surface area contributed by atoms with Gasteiger partial charge in [0, 0.05) is 6.20 Å². The van der Waals surface area contributed by atoms with Crippen LogP contribution in [0.2, 0.25) is 0 Å². The van der Waals surface area contributed by atoms with Crippen LogP contribution in [0.25, 0.3) is 0 Å². The van der Waals surface area contributed by atoms with E-state index in [0.29, 0.717) is 5.69 Å². The first-order valence-corrected chi connectivity index (χ1v) is 5.75. The molecule has 1 heterocycles. The average Bonchev–Trinajstić information content (AvgIpc) is 2.32. The van der Waals surface area contributed by atoms with E-state index in [9.17, 15) is 5.11 Å². The van der Waals surface area contributed by atoms with Gasteiger partial charge in [-0.1, -0.05) is 18.2 Å². The topological polar surface area (TPSA) is 33.1 Å². The van der Waals surface area contributed by atoms with Crippen molar-refractivity contribution >= 4 is 0 Å². The molecule has 0 bridgehead atoms. The number of nitrogens with zero attached hydrogens (tertiary/aromatic N) is 1. The van der Waals surface area contributed by atoms with Gasteiger partial charge in [-0.15, -0.1) is 0 Å². The minimum absolute atomic E-state index is 0.644. The molecule has 0 saturated heterocycles. The van der Waals surface area contributed by atoms with Crippen LogP contribution in [0.1, 0.15) is 34.1 Å². The Kier molecular flexibility index (Phi) is 3.25. The van der Waals surface area contributed by atoms with Gasteiger partial charge in [0.25, 0.3) is 0 Å². The molecular formula is C15H17NO. The number of rotatable bonds is 2. The monoisotopic (exact) mass is 227 g/mol. The number of pyridine rings is 1. The van der Waals surface area contributed by atoms with Crippen LogP contribution in [-0.4, -0.2) is 10.1 Å². The zero-order chi connectivity index (χ0) is 12.4. The van der Waals surface area contributed by atoms with E-state index in [2.05, 4.69) is 18.8 Å². The van der Waals surface area contributed by atoms with Gasteiger partial charge in [0.05, 0.1) is 5.69 Å². The van der Waals surface area contributed by atoms with E-state index in [0.717, 1.165) is 11.1 Å². The molecule has 88 valence electrons. The minimum Gasteiger partial charge on any atom is -0.382 e. The molecule has 2 rings (SSSR count). The maximum atomic E-state index is 10.3. The molecule has 2 nitrogen and oxygen atoms in total. The third-order valence-electron chi connectivity index (χ3n) is 3.06. The van der Waals surface area contributed by atoms with Crippen molar-refractivity contribution in [2.75, 3.05) is 0 Å². The first-order valence-electron chi connectivity index (χ1n) is 5.75. The van der Waals surface area contributed by atoms with E-state index in [4.69, 9.17) is 0 Å². The summed E-state index contributed by atoms with van der Waals surface area (Å²) in [5.74, 6) is 0. The summed E-state index contributed by atoms with van der Waals surface area (Å²) in [5, 5.41) is 10.3. The molecule has 17 heavy (non-hydrogen) atoms. The van der Waals surface area contributed by atoms with Crippen LogP contribution in [0.15, 0.2) is 36.5 Å². The largest absolute Gasteiger partial charge is 0.382 e. The molecule has 1 aromatic carbocycles. The lowest BCUT2D eigenvalue weighted by Crippen LogP contribution is -2.03. The highest BCUT2D eigenvalue weighted by Crippen LogP contribution is 2.22. The predicted octanol–water partition coefficient (Wildman–Crippen LogP) is 3.09. The number of aliphatic hydroxyl groups is 1. The second-order valence-electron chi connectivity index (χ2n) is 4.50. The number of aryl methyl sites for hydroxylation is 3. The molecule has 0 saturated carbocycles. The Balaban J connectivity index is 2.36. The normalized spacial score (nSPS) is 12.5. The Morgan fingerprint density at radius 2 is 1.76 bits per heavy atom. The molecule has 0 aliphatic carbocycles. The van der Waals surface area contributed by atoms with Crippen molar-refractivity contribution in [2.24, 2.45) is 0 Å². The second kappa shape index (κ2) is 4.68. The number of aliphatic hydroxyl groups excluding tert-OH is 1. The Hall–Kier alpha value is -1.67. The van der Waals surface area contributed by atoms with Crippen molar-refractivity contribution in [3.8, 4) is 0 Å². The summed E-state index contributed by atoms with van der Waals surface area (Å²) in [6.07, 6.45) is 1.09. The Bertz CT molecular complexity index is 534. The van der Waals surface area contributed by atoms with Crippen LogP contribution in [0, 0.1) is 20.8 Å². The summed E-state index contributed by atoms with van der Waals surface area (Å²) < 4.78 is 0. The number of hydrogen-bond donors (Lipinski definition) is 1. The van der Waals surface area contributed by atoms with Crippen molar-refractivity contribution in [1.82, 2.24) is 4.98 Å². The van der Waals surface area contributed by atoms with Crippen LogP contribution in [0.5, 0.6) is 0 Å². The fraction of sp³-hybridized carbons (Fsp3) is 0.267. The van der Waals surface area contributed by atoms with Gasteiger partial charge in [0.2, 0.25) is 0 Å². The average molecular weight is 227 g/mol. The number of benzene rings is 1. The van der Waals surface area contributed by atoms with Gasteiger partial charge < -0.3 is 5.11 Å². The van der Waals surface area contributed by atoms with E-state index < -0.39 is 6.10 Å². The summed E-state index contributed by atoms with van der Waals surface area (Å²) in [7, 11) is 0. The summed E-state index contributed by atoms with van der Waals surface area (Å²) in [5.41, 5.74) is 5.13.